The molecule has 1 aliphatic heterocycles. The van der Waals surface area contributed by atoms with Gasteiger partial charge in [-0.25, -0.2) is 0 Å². The van der Waals surface area contributed by atoms with Gasteiger partial charge in [0.1, 0.15) is 0 Å². The molecule has 2 amide bonds. The van der Waals surface area contributed by atoms with Crippen molar-refractivity contribution in [2.24, 2.45) is 0 Å². The third-order valence-corrected chi connectivity index (χ3v) is 6.15. The average Bonchev–Trinajstić information content (AvgIpc) is 2.80. The normalized spacial score (nSPS) is 13.7. The van der Waals surface area contributed by atoms with E-state index in [0.29, 0.717) is 47.5 Å². The Morgan fingerprint density at radius 3 is 2.22 bits per heavy atom. The van der Waals surface area contributed by atoms with Gasteiger partial charge in [-0.3, -0.25) is 9.59 Å². The lowest BCUT2D eigenvalue weighted by atomic mass is 10.1. The lowest BCUT2D eigenvalue weighted by Crippen LogP contribution is -2.49. The average molecular weight is 468 g/mol. The van der Waals surface area contributed by atoms with Crippen molar-refractivity contribution in [3.63, 3.8) is 0 Å². The van der Waals surface area contributed by atoms with Crippen LogP contribution in [-0.2, 0) is 0 Å². The number of amides is 2. The van der Waals surface area contributed by atoms with Crippen molar-refractivity contribution in [2.45, 2.75) is 6.92 Å². The monoisotopic (exact) mass is 467 g/mol. The minimum atomic E-state index is -0.228. The van der Waals surface area contributed by atoms with Crippen LogP contribution in [0.2, 0.25) is 10.0 Å². The Labute approximate surface area is 197 Å². The van der Waals surface area contributed by atoms with Crippen LogP contribution in [0.5, 0.6) is 0 Å². The van der Waals surface area contributed by atoms with Crippen molar-refractivity contribution in [3.8, 4) is 0 Å². The van der Waals surface area contributed by atoms with Crippen molar-refractivity contribution in [2.75, 3.05) is 36.4 Å². The molecule has 0 spiro atoms. The zero-order chi connectivity index (χ0) is 22.7. The second-order valence-electron chi connectivity index (χ2n) is 7.72. The molecule has 32 heavy (non-hydrogen) atoms. The third-order valence-electron chi connectivity index (χ3n) is 5.60. The van der Waals surface area contributed by atoms with E-state index in [2.05, 4.69) is 10.2 Å². The highest BCUT2D eigenvalue weighted by Gasteiger charge is 2.24. The van der Waals surface area contributed by atoms with Gasteiger partial charge in [-0.05, 0) is 61.0 Å². The molecule has 0 atom stereocenters. The van der Waals surface area contributed by atoms with Crippen molar-refractivity contribution < 1.29 is 9.59 Å². The third kappa shape index (κ3) is 4.90. The van der Waals surface area contributed by atoms with Crippen LogP contribution in [0.4, 0.5) is 11.4 Å². The van der Waals surface area contributed by atoms with Gasteiger partial charge in [0.05, 0.1) is 10.7 Å². The molecular formula is C25H23Cl2N3O2. The van der Waals surface area contributed by atoms with Gasteiger partial charge in [-0.2, -0.15) is 0 Å². The maximum Gasteiger partial charge on any atom is 0.255 e. The van der Waals surface area contributed by atoms with E-state index < -0.39 is 0 Å². The van der Waals surface area contributed by atoms with E-state index in [1.54, 1.807) is 30.3 Å². The molecule has 0 aromatic heterocycles. The molecule has 3 aromatic rings. The summed E-state index contributed by atoms with van der Waals surface area (Å²) in [6.07, 6.45) is 0. The molecule has 5 nitrogen and oxygen atoms in total. The number of halogens is 2. The number of nitrogens with one attached hydrogen (secondary N) is 1. The standard InChI is InChI=1S/C25H23Cl2N3O2/c1-17-4-2-3-5-21(17)25(32)30-14-12-29(13-15-30)23-11-10-20(16-22(23)27)28-24(31)18-6-8-19(26)9-7-18/h2-11,16H,12-15H2,1H3,(H,28,31). The Morgan fingerprint density at radius 1 is 0.875 bits per heavy atom. The van der Waals surface area contributed by atoms with Gasteiger partial charge in [-0.1, -0.05) is 41.4 Å². The summed E-state index contributed by atoms with van der Waals surface area (Å²) in [7, 11) is 0. The summed E-state index contributed by atoms with van der Waals surface area (Å²) in [5.74, 6) is -0.164. The zero-order valence-corrected chi connectivity index (χ0v) is 19.2. The molecule has 0 radical (unpaired) electrons. The number of piperazine rings is 1. The molecule has 1 heterocycles. The first-order valence-electron chi connectivity index (χ1n) is 10.4. The molecule has 1 saturated heterocycles. The Bertz CT molecular complexity index is 1140. The first kappa shape index (κ1) is 22.2. The lowest BCUT2D eigenvalue weighted by molar-refractivity contribution is 0.0746. The fourth-order valence-corrected chi connectivity index (χ4v) is 4.21. The number of hydrogen-bond acceptors (Lipinski definition) is 3. The Morgan fingerprint density at radius 2 is 1.56 bits per heavy atom. The van der Waals surface area contributed by atoms with E-state index in [1.165, 1.54) is 0 Å². The molecule has 7 heteroatoms. The maximum absolute atomic E-state index is 12.8. The number of carbonyl (C=O) groups excluding carboxylic acids is 2. The van der Waals surface area contributed by atoms with Crippen LogP contribution in [0.25, 0.3) is 0 Å². The Balaban J connectivity index is 1.39. The van der Waals surface area contributed by atoms with Gasteiger partial charge >= 0.3 is 0 Å². The van der Waals surface area contributed by atoms with Crippen LogP contribution >= 0.6 is 23.2 Å². The maximum atomic E-state index is 12.8. The number of anilines is 2. The predicted octanol–water partition coefficient (Wildman–Crippen LogP) is 5.52. The molecule has 1 aliphatic rings. The number of benzene rings is 3. The molecule has 164 valence electrons. The number of nitrogens with zero attached hydrogens (tertiary/aromatic N) is 2. The van der Waals surface area contributed by atoms with Gasteiger partial charge in [0.25, 0.3) is 11.8 Å². The van der Waals surface area contributed by atoms with E-state index in [-0.39, 0.29) is 11.8 Å². The fourth-order valence-electron chi connectivity index (χ4n) is 3.78. The molecule has 1 N–H and O–H groups in total. The van der Waals surface area contributed by atoms with Gasteiger partial charge in [0.2, 0.25) is 0 Å². The molecule has 0 aliphatic carbocycles. The second-order valence-corrected chi connectivity index (χ2v) is 8.57. The quantitative estimate of drug-likeness (QED) is 0.549. The summed E-state index contributed by atoms with van der Waals surface area (Å²) < 4.78 is 0. The molecule has 3 aromatic carbocycles. The summed E-state index contributed by atoms with van der Waals surface area (Å²) in [4.78, 5) is 29.3. The van der Waals surface area contributed by atoms with Crippen LogP contribution in [0.3, 0.4) is 0 Å². The smallest absolute Gasteiger partial charge is 0.255 e. The van der Waals surface area contributed by atoms with E-state index >= 15 is 0 Å². The highest BCUT2D eigenvalue weighted by atomic mass is 35.5. The van der Waals surface area contributed by atoms with Crippen LogP contribution in [-0.4, -0.2) is 42.9 Å². The number of carbonyl (C=O) groups is 2. The molecule has 4 rings (SSSR count). The minimum Gasteiger partial charge on any atom is -0.367 e. The molecule has 0 saturated carbocycles. The minimum absolute atomic E-state index is 0.0640. The van der Waals surface area contributed by atoms with Crippen LogP contribution < -0.4 is 10.2 Å². The Kier molecular flexibility index (Phi) is 6.68. The molecule has 0 bridgehead atoms. The number of rotatable bonds is 4. The van der Waals surface area contributed by atoms with Crippen molar-refractivity contribution in [1.29, 1.82) is 0 Å². The van der Waals surface area contributed by atoms with Crippen LogP contribution in [0, 0.1) is 6.92 Å². The summed E-state index contributed by atoms with van der Waals surface area (Å²) >= 11 is 12.4. The van der Waals surface area contributed by atoms with Crippen molar-refractivity contribution >= 4 is 46.4 Å². The number of aryl methyl sites for hydroxylation is 1. The van der Waals surface area contributed by atoms with E-state index in [9.17, 15) is 9.59 Å². The molecule has 1 fully saturated rings. The zero-order valence-electron chi connectivity index (χ0n) is 17.6. The van der Waals surface area contributed by atoms with Gasteiger partial charge in [0.15, 0.2) is 0 Å². The second kappa shape index (κ2) is 9.63. The van der Waals surface area contributed by atoms with E-state index in [4.69, 9.17) is 23.2 Å². The highest BCUT2D eigenvalue weighted by molar-refractivity contribution is 6.33. The van der Waals surface area contributed by atoms with Gasteiger partial charge in [-0.15, -0.1) is 0 Å². The number of hydrogen-bond donors (Lipinski definition) is 1. The van der Waals surface area contributed by atoms with E-state index in [1.807, 2.05) is 48.2 Å². The van der Waals surface area contributed by atoms with Gasteiger partial charge < -0.3 is 15.1 Å². The fraction of sp³-hybridized carbons (Fsp3) is 0.200. The van der Waals surface area contributed by atoms with Crippen molar-refractivity contribution in [1.82, 2.24) is 4.90 Å². The summed E-state index contributed by atoms with van der Waals surface area (Å²) in [5.41, 5.74) is 3.76. The predicted molar refractivity (Wildman–Crippen MR) is 130 cm³/mol. The van der Waals surface area contributed by atoms with Crippen LogP contribution in [0.1, 0.15) is 26.3 Å². The Hall–Kier alpha value is -3.02. The van der Waals surface area contributed by atoms with E-state index in [0.717, 1.165) is 16.8 Å². The molecular weight excluding hydrogens is 445 g/mol. The summed E-state index contributed by atoms with van der Waals surface area (Å²) in [6, 6.07) is 19.8. The topological polar surface area (TPSA) is 52.7 Å². The first-order chi connectivity index (χ1) is 15.4. The van der Waals surface area contributed by atoms with Gasteiger partial charge in [0, 0.05) is 48.0 Å². The highest BCUT2D eigenvalue weighted by Crippen LogP contribution is 2.30. The van der Waals surface area contributed by atoms with Crippen molar-refractivity contribution in [3.05, 3.63) is 93.5 Å². The summed E-state index contributed by atoms with van der Waals surface area (Å²) in [5, 5.41) is 3.99. The SMILES string of the molecule is Cc1ccccc1C(=O)N1CCN(c2ccc(NC(=O)c3ccc(Cl)cc3)cc2Cl)CC1. The molecule has 0 unspecified atom stereocenters. The lowest BCUT2D eigenvalue weighted by Gasteiger charge is -2.36. The summed E-state index contributed by atoms with van der Waals surface area (Å²) in [6.45, 7) is 4.58. The largest absolute Gasteiger partial charge is 0.367 e. The first-order valence-corrected chi connectivity index (χ1v) is 11.1. The van der Waals surface area contributed by atoms with Crippen LogP contribution in [0.15, 0.2) is 66.7 Å².